The molecule has 0 radical (unpaired) electrons. The Morgan fingerprint density at radius 2 is 1.83 bits per heavy atom. The number of nitrogens with zero attached hydrogens (tertiary/aromatic N) is 3. The molecule has 0 saturated carbocycles. The molecule has 8 heteroatoms. The highest BCUT2D eigenvalue weighted by molar-refractivity contribution is 5.94. The summed E-state index contributed by atoms with van der Waals surface area (Å²) >= 11 is 0. The molecule has 2 aromatic carbocycles. The molecule has 1 aliphatic heterocycles. The largest absolute Gasteiger partial charge is 0.497 e. The standard InChI is InChI=1S/C28H29F2N3O3/c1-32(27(34)22-6-4-12-31-18-22)26(16-19-5-3-7-23(15-19)36-2)20-10-13-33(14-11-20)28(35)21-8-9-24(29)25(30)17-21/h3-9,12,15,17-18,20,26H,10-11,13-14,16H2,1-2H3. The Morgan fingerprint density at radius 3 is 2.50 bits per heavy atom. The molecule has 3 aromatic rings. The van der Waals surface area contributed by atoms with E-state index in [4.69, 9.17) is 4.74 Å². The van der Waals surface area contributed by atoms with E-state index in [1.807, 2.05) is 24.3 Å². The normalized spacial score (nSPS) is 14.8. The van der Waals surface area contributed by atoms with Crippen LogP contribution in [0, 0.1) is 17.6 Å². The van der Waals surface area contributed by atoms with Gasteiger partial charge in [0.15, 0.2) is 11.6 Å². The van der Waals surface area contributed by atoms with Gasteiger partial charge in [0.05, 0.1) is 12.7 Å². The van der Waals surface area contributed by atoms with Crippen LogP contribution in [0.2, 0.25) is 0 Å². The molecule has 4 rings (SSSR count). The van der Waals surface area contributed by atoms with Crippen LogP contribution in [0.5, 0.6) is 5.75 Å². The number of likely N-dealkylation sites (tertiary alicyclic amines) is 1. The Labute approximate surface area is 209 Å². The molecule has 2 amide bonds. The second kappa shape index (κ2) is 11.3. The predicted octanol–water partition coefficient (Wildman–Crippen LogP) is 4.60. The number of benzene rings is 2. The molecule has 36 heavy (non-hydrogen) atoms. The molecule has 2 heterocycles. The van der Waals surface area contributed by atoms with Crippen molar-refractivity contribution in [3.05, 3.63) is 95.3 Å². The summed E-state index contributed by atoms with van der Waals surface area (Å²) in [5.41, 5.74) is 1.69. The predicted molar refractivity (Wildman–Crippen MR) is 132 cm³/mol. The zero-order chi connectivity index (χ0) is 25.7. The van der Waals surface area contributed by atoms with Gasteiger partial charge in [0.2, 0.25) is 0 Å². The molecule has 0 bridgehead atoms. The molecule has 1 aliphatic rings. The van der Waals surface area contributed by atoms with Crippen molar-refractivity contribution in [3.63, 3.8) is 0 Å². The molecular formula is C28H29F2N3O3. The van der Waals surface area contributed by atoms with Crippen LogP contribution in [0.1, 0.15) is 39.1 Å². The lowest BCUT2D eigenvalue weighted by Gasteiger charge is -2.40. The monoisotopic (exact) mass is 493 g/mol. The van der Waals surface area contributed by atoms with Crippen LogP contribution in [-0.4, -0.2) is 59.9 Å². The van der Waals surface area contributed by atoms with Crippen molar-refractivity contribution in [2.75, 3.05) is 27.2 Å². The van der Waals surface area contributed by atoms with Gasteiger partial charge in [-0.15, -0.1) is 0 Å². The van der Waals surface area contributed by atoms with Gasteiger partial charge in [0, 0.05) is 44.1 Å². The van der Waals surface area contributed by atoms with Crippen molar-refractivity contribution in [2.24, 2.45) is 5.92 Å². The van der Waals surface area contributed by atoms with Gasteiger partial charge in [-0.05, 0) is 73.2 Å². The smallest absolute Gasteiger partial charge is 0.255 e. The summed E-state index contributed by atoms with van der Waals surface area (Å²) in [4.78, 5) is 33.7. The van der Waals surface area contributed by atoms with Crippen LogP contribution in [0.4, 0.5) is 8.78 Å². The average Bonchev–Trinajstić information content (AvgIpc) is 2.92. The fourth-order valence-corrected chi connectivity index (χ4v) is 4.80. The molecule has 1 unspecified atom stereocenters. The molecular weight excluding hydrogens is 464 g/mol. The van der Waals surface area contributed by atoms with Gasteiger partial charge in [0.1, 0.15) is 5.75 Å². The Kier molecular flexibility index (Phi) is 7.93. The van der Waals surface area contributed by atoms with E-state index in [2.05, 4.69) is 4.98 Å². The molecule has 0 spiro atoms. The maximum absolute atomic E-state index is 13.6. The number of pyridine rings is 1. The van der Waals surface area contributed by atoms with Gasteiger partial charge in [-0.25, -0.2) is 8.78 Å². The minimum Gasteiger partial charge on any atom is -0.497 e. The topological polar surface area (TPSA) is 62.7 Å². The van der Waals surface area contributed by atoms with Crippen molar-refractivity contribution in [2.45, 2.75) is 25.3 Å². The van der Waals surface area contributed by atoms with E-state index in [9.17, 15) is 18.4 Å². The van der Waals surface area contributed by atoms with E-state index in [0.29, 0.717) is 37.9 Å². The fourth-order valence-electron chi connectivity index (χ4n) is 4.80. The summed E-state index contributed by atoms with van der Waals surface area (Å²) in [7, 11) is 3.42. The van der Waals surface area contributed by atoms with Gasteiger partial charge < -0.3 is 14.5 Å². The van der Waals surface area contributed by atoms with E-state index in [1.165, 1.54) is 6.07 Å². The van der Waals surface area contributed by atoms with Crippen molar-refractivity contribution >= 4 is 11.8 Å². The van der Waals surface area contributed by atoms with Crippen molar-refractivity contribution in [3.8, 4) is 5.75 Å². The molecule has 1 saturated heterocycles. The lowest BCUT2D eigenvalue weighted by Crippen LogP contribution is -2.48. The van der Waals surface area contributed by atoms with Crippen LogP contribution in [0.15, 0.2) is 67.0 Å². The lowest BCUT2D eigenvalue weighted by atomic mass is 9.84. The number of ether oxygens (including phenoxy) is 1. The van der Waals surface area contributed by atoms with Crippen molar-refractivity contribution in [1.29, 1.82) is 0 Å². The van der Waals surface area contributed by atoms with E-state index in [1.54, 1.807) is 48.5 Å². The Bertz CT molecular complexity index is 1210. The summed E-state index contributed by atoms with van der Waals surface area (Å²) in [5, 5.41) is 0. The van der Waals surface area contributed by atoms with E-state index >= 15 is 0 Å². The Morgan fingerprint density at radius 1 is 1.06 bits per heavy atom. The number of carbonyl (C=O) groups excluding carboxylic acids is 2. The SMILES string of the molecule is COc1cccc(CC(C2CCN(C(=O)c3ccc(F)c(F)c3)CC2)N(C)C(=O)c2cccnc2)c1. The minimum absolute atomic E-state index is 0.115. The number of hydrogen-bond acceptors (Lipinski definition) is 4. The number of aromatic nitrogens is 1. The number of likely N-dealkylation sites (N-methyl/N-ethyl adjacent to an activating group) is 1. The Balaban J connectivity index is 1.51. The highest BCUT2D eigenvalue weighted by atomic mass is 19.2. The summed E-state index contributed by atoms with van der Waals surface area (Å²) in [6.45, 7) is 0.929. The maximum Gasteiger partial charge on any atom is 0.255 e. The van der Waals surface area contributed by atoms with Gasteiger partial charge in [-0.3, -0.25) is 14.6 Å². The Hall–Kier alpha value is -3.81. The first-order chi connectivity index (χ1) is 17.4. The van der Waals surface area contributed by atoms with E-state index in [-0.39, 0.29) is 29.3 Å². The summed E-state index contributed by atoms with van der Waals surface area (Å²) in [6.07, 6.45) is 5.17. The summed E-state index contributed by atoms with van der Waals surface area (Å²) < 4.78 is 32.3. The van der Waals surface area contributed by atoms with Gasteiger partial charge >= 0.3 is 0 Å². The average molecular weight is 494 g/mol. The number of halogens is 2. The first kappa shape index (κ1) is 25.3. The number of piperidine rings is 1. The number of amides is 2. The first-order valence-electron chi connectivity index (χ1n) is 11.9. The van der Waals surface area contributed by atoms with E-state index < -0.39 is 11.6 Å². The quantitative estimate of drug-likeness (QED) is 0.483. The summed E-state index contributed by atoms with van der Waals surface area (Å²) in [5.74, 6) is -1.57. The van der Waals surface area contributed by atoms with Crippen LogP contribution in [-0.2, 0) is 6.42 Å². The molecule has 0 N–H and O–H groups in total. The summed E-state index contributed by atoms with van der Waals surface area (Å²) in [6, 6.07) is 14.4. The van der Waals surface area contributed by atoms with Crippen molar-refractivity contribution in [1.82, 2.24) is 14.8 Å². The van der Waals surface area contributed by atoms with Crippen LogP contribution in [0.3, 0.4) is 0 Å². The molecule has 188 valence electrons. The highest BCUT2D eigenvalue weighted by Gasteiger charge is 2.33. The molecule has 6 nitrogen and oxygen atoms in total. The highest BCUT2D eigenvalue weighted by Crippen LogP contribution is 2.29. The third kappa shape index (κ3) is 5.70. The van der Waals surface area contributed by atoms with Crippen LogP contribution < -0.4 is 4.74 Å². The number of carbonyl (C=O) groups is 2. The first-order valence-corrected chi connectivity index (χ1v) is 11.9. The molecule has 1 atom stereocenters. The molecule has 0 aliphatic carbocycles. The minimum atomic E-state index is -1.04. The third-order valence-corrected chi connectivity index (χ3v) is 6.84. The van der Waals surface area contributed by atoms with Crippen molar-refractivity contribution < 1.29 is 23.1 Å². The van der Waals surface area contributed by atoms with Gasteiger partial charge in [-0.1, -0.05) is 12.1 Å². The number of rotatable bonds is 7. The second-order valence-electron chi connectivity index (χ2n) is 9.04. The van der Waals surface area contributed by atoms with Gasteiger partial charge in [-0.2, -0.15) is 0 Å². The van der Waals surface area contributed by atoms with Gasteiger partial charge in [0.25, 0.3) is 11.8 Å². The number of methoxy groups -OCH3 is 1. The van der Waals surface area contributed by atoms with E-state index in [0.717, 1.165) is 23.4 Å². The third-order valence-electron chi connectivity index (χ3n) is 6.84. The zero-order valence-electron chi connectivity index (χ0n) is 20.4. The molecule has 1 fully saturated rings. The fraction of sp³-hybridized carbons (Fsp3) is 0.321. The second-order valence-corrected chi connectivity index (χ2v) is 9.04. The molecule has 1 aromatic heterocycles. The maximum atomic E-state index is 13.6. The van der Waals surface area contributed by atoms with Crippen LogP contribution >= 0.6 is 0 Å². The van der Waals surface area contributed by atoms with Crippen LogP contribution in [0.25, 0.3) is 0 Å². The zero-order valence-corrected chi connectivity index (χ0v) is 20.4. The number of hydrogen-bond donors (Lipinski definition) is 0. The lowest BCUT2D eigenvalue weighted by molar-refractivity contribution is 0.0522.